The van der Waals surface area contributed by atoms with Crippen molar-refractivity contribution in [2.24, 2.45) is 4.99 Å². The third-order valence-electron chi connectivity index (χ3n) is 2.72. The Labute approximate surface area is 110 Å². The Bertz CT molecular complexity index is 660. The highest BCUT2D eigenvalue weighted by Gasteiger charge is 2.20. The van der Waals surface area contributed by atoms with Crippen LogP contribution in [-0.4, -0.2) is 16.7 Å². The average Bonchev–Trinajstić information content (AvgIpc) is 2.82. The molecule has 0 fully saturated rings. The van der Waals surface area contributed by atoms with Gasteiger partial charge in [-0.15, -0.1) is 0 Å². The van der Waals surface area contributed by atoms with E-state index in [9.17, 15) is 4.79 Å². The van der Waals surface area contributed by atoms with Crippen LogP contribution in [0.5, 0.6) is 0 Å². The molecule has 0 radical (unpaired) electrons. The van der Waals surface area contributed by atoms with E-state index >= 15 is 0 Å². The van der Waals surface area contributed by atoms with E-state index in [1.54, 1.807) is 12.3 Å². The molecule has 3 rings (SSSR count). The number of amides is 1. The van der Waals surface area contributed by atoms with Gasteiger partial charge < -0.3 is 5.32 Å². The third kappa shape index (κ3) is 2.42. The molecule has 0 aliphatic carbocycles. The summed E-state index contributed by atoms with van der Waals surface area (Å²) in [6.45, 7) is 0. The zero-order valence-electron chi connectivity index (χ0n) is 10.1. The number of carbonyl (C=O) groups excluding carboxylic acids is 1. The lowest BCUT2D eigenvalue weighted by molar-refractivity contribution is -0.115. The summed E-state index contributed by atoms with van der Waals surface area (Å²) in [4.78, 5) is 20.3. The van der Waals surface area contributed by atoms with E-state index in [4.69, 9.17) is 0 Å². The Morgan fingerprint density at radius 3 is 2.53 bits per heavy atom. The van der Waals surface area contributed by atoms with Gasteiger partial charge in [0.1, 0.15) is 11.5 Å². The van der Waals surface area contributed by atoms with Gasteiger partial charge in [-0.25, -0.2) is 4.99 Å². The second kappa shape index (κ2) is 4.86. The average molecular weight is 249 g/mol. The number of benzene rings is 1. The summed E-state index contributed by atoms with van der Waals surface area (Å²) in [5, 5.41) is 2.76. The van der Waals surface area contributed by atoms with Gasteiger partial charge in [0, 0.05) is 11.8 Å². The molecule has 1 aromatic carbocycles. The number of pyridine rings is 1. The molecular formula is C15H11N3O. The van der Waals surface area contributed by atoms with Crippen molar-refractivity contribution in [1.82, 2.24) is 10.3 Å². The summed E-state index contributed by atoms with van der Waals surface area (Å²) in [5.41, 5.74) is 1.98. The van der Waals surface area contributed by atoms with Crippen molar-refractivity contribution >= 4 is 17.8 Å². The number of hydrogen-bond acceptors (Lipinski definition) is 3. The molecular weight excluding hydrogens is 238 g/mol. The van der Waals surface area contributed by atoms with Gasteiger partial charge in [0.25, 0.3) is 5.91 Å². The van der Waals surface area contributed by atoms with Crippen molar-refractivity contribution in [3.05, 3.63) is 71.7 Å². The molecule has 0 atom stereocenters. The van der Waals surface area contributed by atoms with Crippen LogP contribution < -0.4 is 5.32 Å². The Morgan fingerprint density at radius 2 is 1.79 bits per heavy atom. The molecule has 19 heavy (non-hydrogen) atoms. The molecule has 92 valence electrons. The van der Waals surface area contributed by atoms with Crippen molar-refractivity contribution in [3.8, 4) is 0 Å². The van der Waals surface area contributed by atoms with Crippen LogP contribution in [0.15, 0.2) is 65.4 Å². The summed E-state index contributed by atoms with van der Waals surface area (Å²) in [7, 11) is 0. The van der Waals surface area contributed by atoms with Crippen molar-refractivity contribution in [2.75, 3.05) is 0 Å². The maximum atomic E-state index is 11.8. The monoisotopic (exact) mass is 249 g/mol. The second-order valence-electron chi connectivity index (χ2n) is 4.06. The van der Waals surface area contributed by atoms with Crippen molar-refractivity contribution < 1.29 is 4.79 Å². The molecule has 0 saturated carbocycles. The molecule has 1 N–H and O–H groups in total. The Morgan fingerprint density at radius 1 is 1.00 bits per heavy atom. The number of aromatic nitrogens is 1. The number of nitrogens with one attached hydrogen (secondary N) is 1. The zero-order valence-corrected chi connectivity index (χ0v) is 10.1. The van der Waals surface area contributed by atoms with Gasteiger partial charge in [0.15, 0.2) is 0 Å². The van der Waals surface area contributed by atoms with Gasteiger partial charge in [-0.2, -0.15) is 0 Å². The van der Waals surface area contributed by atoms with Crippen LogP contribution in [0.25, 0.3) is 6.08 Å². The number of rotatable bonds is 2. The summed E-state index contributed by atoms with van der Waals surface area (Å²) < 4.78 is 0. The van der Waals surface area contributed by atoms with E-state index in [-0.39, 0.29) is 5.91 Å². The molecule has 1 amide bonds. The van der Waals surface area contributed by atoms with Crippen molar-refractivity contribution in [1.29, 1.82) is 0 Å². The molecule has 4 nitrogen and oxygen atoms in total. The SMILES string of the molecule is O=C1NC(c2ccccc2)=N/C1=C/c1ccccn1. The molecule has 1 aliphatic heterocycles. The lowest BCUT2D eigenvalue weighted by Crippen LogP contribution is -2.24. The highest BCUT2D eigenvalue weighted by Crippen LogP contribution is 2.13. The van der Waals surface area contributed by atoms with Gasteiger partial charge >= 0.3 is 0 Å². The number of carbonyl (C=O) groups is 1. The summed E-state index contributed by atoms with van der Waals surface area (Å²) in [6, 6.07) is 15.1. The topological polar surface area (TPSA) is 54.4 Å². The van der Waals surface area contributed by atoms with Crippen LogP contribution in [0.3, 0.4) is 0 Å². The predicted molar refractivity (Wildman–Crippen MR) is 73.3 cm³/mol. The first-order valence-corrected chi connectivity index (χ1v) is 5.91. The molecule has 4 heteroatoms. The fourth-order valence-electron chi connectivity index (χ4n) is 1.80. The van der Waals surface area contributed by atoms with Crippen LogP contribution in [-0.2, 0) is 4.79 Å². The Balaban J connectivity index is 1.94. The molecule has 0 saturated heterocycles. The number of amidine groups is 1. The van der Waals surface area contributed by atoms with Gasteiger partial charge in [0.2, 0.25) is 0 Å². The normalized spacial score (nSPS) is 16.3. The van der Waals surface area contributed by atoms with E-state index in [0.717, 1.165) is 5.56 Å². The summed E-state index contributed by atoms with van der Waals surface area (Å²) in [5.74, 6) is 0.372. The minimum absolute atomic E-state index is 0.204. The molecule has 0 bridgehead atoms. The maximum absolute atomic E-state index is 11.8. The van der Waals surface area contributed by atoms with Gasteiger partial charge in [-0.3, -0.25) is 9.78 Å². The minimum Gasteiger partial charge on any atom is -0.305 e. The Kier molecular flexibility index (Phi) is 2.90. The fourth-order valence-corrected chi connectivity index (χ4v) is 1.80. The van der Waals surface area contributed by atoms with E-state index in [0.29, 0.717) is 17.2 Å². The van der Waals surface area contributed by atoms with Gasteiger partial charge in [-0.1, -0.05) is 36.4 Å². The third-order valence-corrected chi connectivity index (χ3v) is 2.72. The number of nitrogens with zero attached hydrogens (tertiary/aromatic N) is 2. The van der Waals surface area contributed by atoms with Gasteiger partial charge in [0.05, 0.1) is 5.69 Å². The standard InChI is InChI=1S/C15H11N3O/c19-15-13(10-12-8-4-5-9-16-12)17-14(18-15)11-6-2-1-3-7-11/h1-10H,(H,17,18,19)/b13-10+. The van der Waals surface area contributed by atoms with Crippen LogP contribution >= 0.6 is 0 Å². The minimum atomic E-state index is -0.204. The first-order valence-electron chi connectivity index (χ1n) is 5.91. The van der Waals surface area contributed by atoms with E-state index < -0.39 is 0 Å². The lowest BCUT2D eigenvalue weighted by atomic mass is 10.2. The largest absolute Gasteiger partial charge is 0.305 e. The first kappa shape index (κ1) is 11.3. The fraction of sp³-hybridized carbons (Fsp3) is 0. The van der Waals surface area contributed by atoms with Crippen LogP contribution in [0.4, 0.5) is 0 Å². The summed E-state index contributed by atoms with van der Waals surface area (Å²) in [6.07, 6.45) is 3.35. The van der Waals surface area contributed by atoms with Crippen molar-refractivity contribution in [3.63, 3.8) is 0 Å². The smallest absolute Gasteiger partial charge is 0.275 e. The number of hydrogen-bond donors (Lipinski definition) is 1. The van der Waals surface area contributed by atoms with Crippen LogP contribution in [0.2, 0.25) is 0 Å². The zero-order chi connectivity index (χ0) is 13.1. The first-order chi connectivity index (χ1) is 9.33. The van der Waals surface area contributed by atoms with E-state index in [1.807, 2.05) is 48.5 Å². The molecule has 2 aromatic rings. The molecule has 0 unspecified atom stereocenters. The van der Waals surface area contributed by atoms with E-state index in [1.165, 1.54) is 0 Å². The maximum Gasteiger partial charge on any atom is 0.275 e. The quantitative estimate of drug-likeness (QED) is 0.828. The van der Waals surface area contributed by atoms with E-state index in [2.05, 4.69) is 15.3 Å². The molecule has 1 aliphatic rings. The molecule has 0 spiro atoms. The van der Waals surface area contributed by atoms with Gasteiger partial charge in [-0.05, 0) is 18.2 Å². The summed E-state index contributed by atoms with van der Waals surface area (Å²) >= 11 is 0. The highest BCUT2D eigenvalue weighted by molar-refractivity contribution is 6.19. The predicted octanol–water partition coefficient (Wildman–Crippen LogP) is 2.00. The second-order valence-corrected chi connectivity index (χ2v) is 4.06. The molecule has 1 aromatic heterocycles. The van der Waals surface area contributed by atoms with Crippen LogP contribution in [0.1, 0.15) is 11.3 Å². The van der Waals surface area contributed by atoms with Crippen molar-refractivity contribution in [2.45, 2.75) is 0 Å². The molecule has 2 heterocycles. The van der Waals surface area contributed by atoms with Crippen LogP contribution in [0, 0.1) is 0 Å². The highest BCUT2D eigenvalue weighted by atomic mass is 16.2. The Hall–Kier alpha value is -2.75. The lowest BCUT2D eigenvalue weighted by Gasteiger charge is -1.98. The number of aliphatic imine (C=N–C) groups is 1.